The molecule has 0 spiro atoms. The standard InChI is InChI=1S/C26H26ClF3O/c1-2-31-22-10-9-19-13-18(7-8-20(19)14-22)21-6-5-17(23(28)15-21)4-3-16-11-24(29)26(27)25(30)12-16/h5-6,11-12,15,18-20,22H,2,7-10,13-14H2,1H3. The van der Waals surface area contributed by atoms with Gasteiger partial charge in [0.25, 0.3) is 0 Å². The summed E-state index contributed by atoms with van der Waals surface area (Å²) in [5, 5.41) is -0.567. The second kappa shape index (κ2) is 9.67. The van der Waals surface area contributed by atoms with Gasteiger partial charge in [-0.25, -0.2) is 13.2 Å². The smallest absolute Gasteiger partial charge is 0.146 e. The molecule has 0 aliphatic heterocycles. The van der Waals surface area contributed by atoms with Gasteiger partial charge in [-0.3, -0.25) is 0 Å². The Bertz CT molecular complexity index is 986. The summed E-state index contributed by atoms with van der Waals surface area (Å²) in [6, 6.07) is 7.27. The molecule has 0 aromatic heterocycles. The first-order chi connectivity index (χ1) is 14.9. The van der Waals surface area contributed by atoms with E-state index >= 15 is 0 Å². The van der Waals surface area contributed by atoms with Crippen molar-refractivity contribution in [2.75, 3.05) is 6.61 Å². The van der Waals surface area contributed by atoms with Crippen LogP contribution in [0.1, 0.15) is 68.1 Å². The second-order valence-corrected chi connectivity index (χ2v) is 9.04. The van der Waals surface area contributed by atoms with E-state index in [0.29, 0.717) is 17.9 Å². The molecule has 1 nitrogen and oxygen atoms in total. The fraction of sp³-hybridized carbons (Fsp3) is 0.462. The molecule has 0 heterocycles. The molecule has 5 heteroatoms. The summed E-state index contributed by atoms with van der Waals surface area (Å²) in [5.41, 5.74) is 1.34. The van der Waals surface area contributed by atoms with E-state index in [4.69, 9.17) is 16.3 Å². The van der Waals surface area contributed by atoms with Crippen LogP contribution in [0.4, 0.5) is 13.2 Å². The minimum atomic E-state index is -0.882. The van der Waals surface area contributed by atoms with E-state index < -0.39 is 22.5 Å². The maximum atomic E-state index is 14.7. The van der Waals surface area contributed by atoms with Gasteiger partial charge in [0, 0.05) is 12.2 Å². The summed E-state index contributed by atoms with van der Waals surface area (Å²) in [6.45, 7) is 2.83. The van der Waals surface area contributed by atoms with Crippen molar-refractivity contribution in [3.63, 3.8) is 0 Å². The molecule has 0 radical (unpaired) electrons. The number of ether oxygens (including phenoxy) is 1. The third-order valence-electron chi connectivity index (χ3n) is 6.76. The van der Waals surface area contributed by atoms with E-state index in [0.717, 1.165) is 62.3 Å². The highest BCUT2D eigenvalue weighted by Gasteiger charge is 2.36. The Morgan fingerprint density at radius 3 is 2.32 bits per heavy atom. The topological polar surface area (TPSA) is 9.23 Å². The predicted molar refractivity (Wildman–Crippen MR) is 117 cm³/mol. The van der Waals surface area contributed by atoms with Crippen LogP contribution >= 0.6 is 11.6 Å². The van der Waals surface area contributed by atoms with Crippen molar-refractivity contribution < 1.29 is 17.9 Å². The Kier molecular flexibility index (Phi) is 6.94. The summed E-state index contributed by atoms with van der Waals surface area (Å²) in [4.78, 5) is 0. The minimum Gasteiger partial charge on any atom is -0.378 e. The van der Waals surface area contributed by atoms with Crippen LogP contribution in [-0.2, 0) is 4.74 Å². The molecule has 0 saturated heterocycles. The largest absolute Gasteiger partial charge is 0.378 e. The number of hydrogen-bond acceptors (Lipinski definition) is 1. The molecule has 0 N–H and O–H groups in total. The summed E-state index contributed by atoms with van der Waals surface area (Å²) in [7, 11) is 0. The molecule has 31 heavy (non-hydrogen) atoms. The van der Waals surface area contributed by atoms with E-state index in [1.165, 1.54) is 6.42 Å². The van der Waals surface area contributed by atoms with Gasteiger partial charge in [0.2, 0.25) is 0 Å². The SMILES string of the molecule is CCOC1CCC2CC(c3ccc(C#Cc4cc(F)c(Cl)c(F)c4)c(F)c3)CCC2C1. The fourth-order valence-corrected chi connectivity index (χ4v) is 5.30. The molecule has 2 fully saturated rings. The van der Waals surface area contributed by atoms with Crippen molar-refractivity contribution in [1.29, 1.82) is 0 Å². The van der Waals surface area contributed by atoms with Crippen LogP contribution in [0.2, 0.25) is 5.02 Å². The maximum Gasteiger partial charge on any atom is 0.146 e. The van der Waals surface area contributed by atoms with Crippen LogP contribution in [0.3, 0.4) is 0 Å². The van der Waals surface area contributed by atoms with E-state index in [1.807, 2.05) is 6.07 Å². The Hall–Kier alpha value is -1.96. The number of hydrogen-bond donors (Lipinski definition) is 0. The first-order valence-corrected chi connectivity index (χ1v) is 11.4. The van der Waals surface area contributed by atoms with Crippen LogP contribution in [0.15, 0.2) is 30.3 Å². The number of fused-ring (bicyclic) bond motifs is 1. The Morgan fingerprint density at radius 2 is 1.61 bits per heavy atom. The van der Waals surface area contributed by atoms with Crippen molar-refractivity contribution in [3.05, 3.63) is 69.5 Å². The number of benzene rings is 2. The van der Waals surface area contributed by atoms with Gasteiger partial charge in [0.15, 0.2) is 0 Å². The molecule has 2 aliphatic rings. The number of halogens is 4. The molecule has 4 atom stereocenters. The summed E-state index contributed by atoms with van der Waals surface area (Å²) in [5.74, 6) is 4.91. The van der Waals surface area contributed by atoms with Crippen molar-refractivity contribution in [3.8, 4) is 11.8 Å². The van der Waals surface area contributed by atoms with Gasteiger partial charge >= 0.3 is 0 Å². The zero-order valence-electron chi connectivity index (χ0n) is 17.6. The lowest BCUT2D eigenvalue weighted by Gasteiger charge is -2.42. The molecule has 2 saturated carbocycles. The van der Waals surface area contributed by atoms with Gasteiger partial charge in [0.1, 0.15) is 22.5 Å². The fourth-order valence-electron chi connectivity index (χ4n) is 5.19. The lowest BCUT2D eigenvalue weighted by atomic mass is 9.65. The minimum absolute atomic E-state index is 0.115. The van der Waals surface area contributed by atoms with Gasteiger partial charge in [-0.15, -0.1) is 0 Å². The first-order valence-electron chi connectivity index (χ1n) is 11.0. The van der Waals surface area contributed by atoms with Crippen LogP contribution in [-0.4, -0.2) is 12.7 Å². The molecule has 2 aromatic carbocycles. The molecule has 4 rings (SSSR count). The van der Waals surface area contributed by atoms with Crippen LogP contribution in [0, 0.1) is 41.1 Å². The zero-order valence-corrected chi connectivity index (χ0v) is 18.3. The third-order valence-corrected chi connectivity index (χ3v) is 7.12. The Balaban J connectivity index is 1.44. The van der Waals surface area contributed by atoms with Gasteiger partial charge in [0.05, 0.1) is 11.7 Å². The molecular formula is C26H26ClF3O. The van der Waals surface area contributed by atoms with E-state index in [2.05, 4.69) is 18.8 Å². The van der Waals surface area contributed by atoms with E-state index in [-0.39, 0.29) is 11.1 Å². The van der Waals surface area contributed by atoms with Crippen LogP contribution < -0.4 is 0 Å². The zero-order chi connectivity index (χ0) is 22.0. The van der Waals surface area contributed by atoms with Gasteiger partial charge in [-0.2, -0.15) is 0 Å². The van der Waals surface area contributed by atoms with Crippen LogP contribution in [0.25, 0.3) is 0 Å². The summed E-state index contributed by atoms with van der Waals surface area (Å²) in [6.07, 6.45) is 7.18. The first kappa shape index (κ1) is 22.2. The third kappa shape index (κ3) is 5.10. The van der Waals surface area contributed by atoms with Crippen LogP contribution in [0.5, 0.6) is 0 Å². The van der Waals surface area contributed by atoms with Crippen molar-refractivity contribution >= 4 is 11.6 Å². The summed E-state index contributed by atoms with van der Waals surface area (Å²) < 4.78 is 47.7. The number of rotatable bonds is 3. The second-order valence-electron chi connectivity index (χ2n) is 8.66. The lowest BCUT2D eigenvalue weighted by molar-refractivity contribution is -0.00956. The Labute approximate surface area is 186 Å². The van der Waals surface area contributed by atoms with Gasteiger partial charge in [-0.05, 0) is 93.0 Å². The van der Waals surface area contributed by atoms with Gasteiger partial charge in [-0.1, -0.05) is 29.5 Å². The predicted octanol–water partition coefficient (Wildman–Crippen LogP) is 7.25. The molecule has 164 valence electrons. The highest BCUT2D eigenvalue weighted by atomic mass is 35.5. The maximum absolute atomic E-state index is 14.7. The normalized spacial score (nSPS) is 25.5. The van der Waals surface area contributed by atoms with Crippen molar-refractivity contribution in [2.24, 2.45) is 11.8 Å². The highest BCUT2D eigenvalue weighted by Crippen LogP contribution is 2.46. The summed E-state index contributed by atoms with van der Waals surface area (Å²) >= 11 is 5.48. The van der Waals surface area contributed by atoms with Crippen molar-refractivity contribution in [1.82, 2.24) is 0 Å². The average molecular weight is 447 g/mol. The van der Waals surface area contributed by atoms with Gasteiger partial charge < -0.3 is 4.74 Å². The van der Waals surface area contributed by atoms with E-state index in [1.54, 1.807) is 12.1 Å². The molecule has 4 unspecified atom stereocenters. The molecular weight excluding hydrogens is 421 g/mol. The average Bonchev–Trinajstić information content (AvgIpc) is 2.76. The lowest BCUT2D eigenvalue weighted by Crippen LogP contribution is -2.33. The molecule has 0 amide bonds. The molecule has 2 aromatic rings. The molecule has 0 bridgehead atoms. The highest BCUT2D eigenvalue weighted by molar-refractivity contribution is 6.30. The Morgan fingerprint density at radius 1 is 0.903 bits per heavy atom. The molecule has 2 aliphatic carbocycles. The quantitative estimate of drug-likeness (QED) is 0.356. The van der Waals surface area contributed by atoms with Crippen molar-refractivity contribution in [2.45, 2.75) is 57.5 Å². The monoisotopic (exact) mass is 446 g/mol. The van der Waals surface area contributed by atoms with E-state index in [9.17, 15) is 13.2 Å².